The summed E-state index contributed by atoms with van der Waals surface area (Å²) in [5.41, 5.74) is 4.52. The lowest BCUT2D eigenvalue weighted by atomic mass is 10.0. The fraction of sp³-hybridized carbons (Fsp3) is 0.333. The molecule has 0 aromatic heterocycles. The van der Waals surface area contributed by atoms with Crippen molar-refractivity contribution in [3.63, 3.8) is 0 Å². The van der Waals surface area contributed by atoms with Gasteiger partial charge in [-0.3, -0.25) is 0 Å². The molecule has 0 atom stereocenters. The van der Waals surface area contributed by atoms with Crippen LogP contribution in [0.25, 0.3) is 0 Å². The first-order valence-corrected chi connectivity index (χ1v) is 7.19. The summed E-state index contributed by atoms with van der Waals surface area (Å²) in [6, 6.07) is 14.4. The summed E-state index contributed by atoms with van der Waals surface area (Å²) in [7, 11) is 0. The molecule has 0 unspecified atom stereocenters. The van der Waals surface area contributed by atoms with Crippen LogP contribution in [0.15, 0.2) is 42.5 Å². The standard InChI is InChI=1S/C18H22O2/c1-3-14-5-7-15(8-6-14)11-17-10-9-16(12-18(17)19)13-20-4-2/h5-10,12,19H,3-4,11,13H2,1-2H3. The highest BCUT2D eigenvalue weighted by Crippen LogP contribution is 2.22. The van der Waals surface area contributed by atoms with E-state index < -0.39 is 0 Å². The highest BCUT2D eigenvalue weighted by molar-refractivity contribution is 5.40. The van der Waals surface area contributed by atoms with Crippen molar-refractivity contribution in [1.82, 2.24) is 0 Å². The first kappa shape index (κ1) is 14.6. The second kappa shape index (κ2) is 7.11. The van der Waals surface area contributed by atoms with Crippen LogP contribution in [0.4, 0.5) is 0 Å². The number of phenolic OH excluding ortho intramolecular Hbond substituents is 1. The number of rotatable bonds is 6. The van der Waals surface area contributed by atoms with Crippen molar-refractivity contribution in [3.05, 3.63) is 64.7 Å². The molecule has 0 radical (unpaired) electrons. The van der Waals surface area contributed by atoms with E-state index in [2.05, 4.69) is 31.2 Å². The average molecular weight is 270 g/mol. The minimum Gasteiger partial charge on any atom is -0.508 e. The van der Waals surface area contributed by atoms with E-state index in [-0.39, 0.29) is 0 Å². The molecule has 0 saturated heterocycles. The molecular weight excluding hydrogens is 248 g/mol. The summed E-state index contributed by atoms with van der Waals surface area (Å²) >= 11 is 0. The van der Waals surface area contributed by atoms with Gasteiger partial charge in [-0.1, -0.05) is 43.3 Å². The van der Waals surface area contributed by atoms with Crippen LogP contribution >= 0.6 is 0 Å². The molecule has 20 heavy (non-hydrogen) atoms. The second-order valence-corrected chi connectivity index (χ2v) is 4.95. The van der Waals surface area contributed by atoms with Crippen molar-refractivity contribution >= 4 is 0 Å². The molecule has 0 aliphatic heterocycles. The van der Waals surface area contributed by atoms with E-state index in [0.717, 1.165) is 24.0 Å². The molecule has 0 bridgehead atoms. The summed E-state index contributed by atoms with van der Waals surface area (Å²) in [5.74, 6) is 0.349. The molecule has 0 fully saturated rings. The Morgan fingerprint density at radius 2 is 1.55 bits per heavy atom. The third kappa shape index (κ3) is 3.84. The fourth-order valence-corrected chi connectivity index (χ4v) is 2.18. The zero-order chi connectivity index (χ0) is 14.4. The first-order chi connectivity index (χ1) is 9.72. The van der Waals surface area contributed by atoms with Gasteiger partial charge in [-0.15, -0.1) is 0 Å². The van der Waals surface area contributed by atoms with Gasteiger partial charge in [0.25, 0.3) is 0 Å². The minimum atomic E-state index is 0.349. The molecule has 106 valence electrons. The van der Waals surface area contributed by atoms with Gasteiger partial charge < -0.3 is 9.84 Å². The highest BCUT2D eigenvalue weighted by Gasteiger charge is 2.04. The first-order valence-electron chi connectivity index (χ1n) is 7.19. The number of phenols is 1. The number of aromatic hydroxyl groups is 1. The Balaban J connectivity index is 2.08. The number of ether oxygens (including phenoxy) is 1. The van der Waals surface area contributed by atoms with Gasteiger partial charge >= 0.3 is 0 Å². The van der Waals surface area contributed by atoms with Crippen LogP contribution in [-0.2, 0) is 24.2 Å². The van der Waals surface area contributed by atoms with Gasteiger partial charge in [-0.2, -0.15) is 0 Å². The third-order valence-corrected chi connectivity index (χ3v) is 3.45. The second-order valence-electron chi connectivity index (χ2n) is 4.95. The Bertz CT molecular complexity index is 544. The van der Waals surface area contributed by atoms with Crippen LogP contribution in [0, 0.1) is 0 Å². The van der Waals surface area contributed by atoms with Gasteiger partial charge in [0, 0.05) is 13.0 Å². The van der Waals surface area contributed by atoms with Crippen molar-refractivity contribution < 1.29 is 9.84 Å². The Hall–Kier alpha value is -1.80. The van der Waals surface area contributed by atoms with Crippen LogP contribution in [0.2, 0.25) is 0 Å². The molecule has 0 saturated carbocycles. The van der Waals surface area contributed by atoms with Gasteiger partial charge in [0.2, 0.25) is 0 Å². The van der Waals surface area contributed by atoms with E-state index in [1.54, 1.807) is 6.07 Å². The average Bonchev–Trinajstić information content (AvgIpc) is 2.48. The Labute approximate surface area is 121 Å². The van der Waals surface area contributed by atoms with Gasteiger partial charge in [-0.05, 0) is 41.7 Å². The van der Waals surface area contributed by atoms with Crippen LogP contribution in [0.1, 0.15) is 36.1 Å². The quantitative estimate of drug-likeness (QED) is 0.857. The molecule has 2 heteroatoms. The minimum absolute atomic E-state index is 0.349. The molecule has 0 aliphatic carbocycles. The highest BCUT2D eigenvalue weighted by atomic mass is 16.5. The van der Waals surface area contributed by atoms with E-state index >= 15 is 0 Å². The molecule has 0 heterocycles. The predicted octanol–water partition coefficient (Wildman–Crippen LogP) is 4.08. The summed E-state index contributed by atoms with van der Waals surface area (Å²) in [4.78, 5) is 0. The fourth-order valence-electron chi connectivity index (χ4n) is 2.18. The molecule has 2 aromatic carbocycles. The monoisotopic (exact) mass is 270 g/mol. The molecule has 1 N–H and O–H groups in total. The van der Waals surface area contributed by atoms with E-state index in [1.165, 1.54) is 11.1 Å². The number of hydrogen-bond acceptors (Lipinski definition) is 2. The molecule has 0 aliphatic rings. The van der Waals surface area contributed by atoms with E-state index in [9.17, 15) is 5.11 Å². The van der Waals surface area contributed by atoms with Crippen molar-refractivity contribution in [2.75, 3.05) is 6.61 Å². The zero-order valence-electron chi connectivity index (χ0n) is 12.2. The summed E-state index contributed by atoms with van der Waals surface area (Å²) in [5, 5.41) is 10.1. The normalized spacial score (nSPS) is 10.7. The topological polar surface area (TPSA) is 29.5 Å². The number of aryl methyl sites for hydroxylation is 1. The lowest BCUT2D eigenvalue weighted by Crippen LogP contribution is -1.94. The van der Waals surface area contributed by atoms with E-state index in [1.807, 2.05) is 19.1 Å². The molecule has 0 spiro atoms. The maximum Gasteiger partial charge on any atom is 0.119 e. The summed E-state index contributed by atoms with van der Waals surface area (Å²) < 4.78 is 5.35. The summed E-state index contributed by atoms with van der Waals surface area (Å²) in [6.07, 6.45) is 1.81. The van der Waals surface area contributed by atoms with E-state index in [4.69, 9.17) is 4.74 Å². The molecule has 0 amide bonds. The molecular formula is C18H22O2. The lowest BCUT2D eigenvalue weighted by Gasteiger charge is -2.08. The molecule has 2 aromatic rings. The largest absolute Gasteiger partial charge is 0.508 e. The molecule has 2 nitrogen and oxygen atoms in total. The smallest absolute Gasteiger partial charge is 0.119 e. The SMILES string of the molecule is CCOCc1ccc(Cc2ccc(CC)cc2)c(O)c1. The van der Waals surface area contributed by atoms with Crippen LogP contribution in [-0.4, -0.2) is 11.7 Å². The van der Waals surface area contributed by atoms with Crippen molar-refractivity contribution in [2.45, 2.75) is 33.3 Å². The zero-order valence-corrected chi connectivity index (χ0v) is 12.2. The maximum atomic E-state index is 10.1. The van der Waals surface area contributed by atoms with E-state index in [0.29, 0.717) is 19.0 Å². The van der Waals surface area contributed by atoms with Crippen molar-refractivity contribution in [1.29, 1.82) is 0 Å². The van der Waals surface area contributed by atoms with Crippen LogP contribution < -0.4 is 0 Å². The van der Waals surface area contributed by atoms with Crippen LogP contribution in [0.5, 0.6) is 5.75 Å². The predicted molar refractivity (Wildman–Crippen MR) is 82.1 cm³/mol. The van der Waals surface area contributed by atoms with Gasteiger partial charge in [0.1, 0.15) is 5.75 Å². The van der Waals surface area contributed by atoms with Gasteiger partial charge in [0.05, 0.1) is 6.61 Å². The Morgan fingerprint density at radius 1 is 0.900 bits per heavy atom. The number of benzene rings is 2. The molecule has 2 rings (SSSR count). The maximum absolute atomic E-state index is 10.1. The third-order valence-electron chi connectivity index (χ3n) is 3.45. The van der Waals surface area contributed by atoms with Crippen LogP contribution in [0.3, 0.4) is 0 Å². The number of hydrogen-bond donors (Lipinski definition) is 1. The summed E-state index contributed by atoms with van der Waals surface area (Å²) in [6.45, 7) is 5.36. The van der Waals surface area contributed by atoms with Gasteiger partial charge in [0.15, 0.2) is 0 Å². The Kier molecular flexibility index (Phi) is 5.19. The van der Waals surface area contributed by atoms with Crippen molar-refractivity contribution in [2.24, 2.45) is 0 Å². The van der Waals surface area contributed by atoms with Gasteiger partial charge in [-0.25, -0.2) is 0 Å². The Morgan fingerprint density at radius 3 is 2.15 bits per heavy atom. The lowest BCUT2D eigenvalue weighted by molar-refractivity contribution is 0.134. The van der Waals surface area contributed by atoms with Crippen molar-refractivity contribution in [3.8, 4) is 5.75 Å².